The highest BCUT2D eigenvalue weighted by atomic mass is 32.2. The van der Waals surface area contributed by atoms with E-state index < -0.39 is 21.7 Å². The van der Waals surface area contributed by atoms with Crippen molar-refractivity contribution >= 4 is 38.2 Å². The number of thiazole rings is 1. The van der Waals surface area contributed by atoms with E-state index in [-0.39, 0.29) is 39.4 Å². The maximum Gasteiger partial charge on any atom is 0.357 e. The number of carbonyl (C=O) groups is 2. The number of nitrogens with one attached hydrogen (secondary N) is 1. The van der Waals surface area contributed by atoms with E-state index in [9.17, 15) is 18.0 Å². The van der Waals surface area contributed by atoms with Crippen LogP contribution in [0.3, 0.4) is 0 Å². The summed E-state index contributed by atoms with van der Waals surface area (Å²) in [6, 6.07) is 7.62. The molecular formula is C24H25N3O7S2. The minimum atomic E-state index is -3.40. The monoisotopic (exact) mass is 531 g/mol. The zero-order valence-corrected chi connectivity index (χ0v) is 21.5. The molecule has 12 heteroatoms. The largest absolute Gasteiger partial charge is 0.491 e. The zero-order chi connectivity index (χ0) is 25.9. The Morgan fingerprint density at radius 1 is 1.14 bits per heavy atom. The van der Waals surface area contributed by atoms with Gasteiger partial charge in [-0.05, 0) is 57.9 Å². The second kappa shape index (κ2) is 10.6. The Morgan fingerprint density at radius 2 is 1.89 bits per heavy atom. The standard InChI is InChI=1S/C24H25N3O7S2/c1-4-32-23(29)20-13-35-24(26-20)27-22(28)15-9-17(33-14(2)3)11-18(10-15)34-16-5-8-21(25-12-16)36(30,31)19-6-7-19/h5,8-14,19H,4,6-7H2,1-3H3,(H,26,27,28). The van der Waals surface area contributed by atoms with Gasteiger partial charge in [0, 0.05) is 17.0 Å². The normalized spacial score (nSPS) is 13.3. The molecule has 4 rings (SSSR count). The molecule has 1 saturated carbocycles. The van der Waals surface area contributed by atoms with Crippen molar-refractivity contribution in [3.63, 3.8) is 0 Å². The van der Waals surface area contributed by atoms with Crippen molar-refractivity contribution in [3.05, 3.63) is 53.2 Å². The molecule has 2 aromatic heterocycles. The first-order chi connectivity index (χ1) is 17.2. The highest BCUT2D eigenvalue weighted by Gasteiger charge is 2.37. The minimum Gasteiger partial charge on any atom is -0.491 e. The van der Waals surface area contributed by atoms with Crippen LogP contribution in [0.5, 0.6) is 17.2 Å². The van der Waals surface area contributed by atoms with Crippen molar-refractivity contribution in [2.75, 3.05) is 11.9 Å². The summed E-state index contributed by atoms with van der Waals surface area (Å²) in [6.07, 6.45) is 2.48. The van der Waals surface area contributed by atoms with E-state index in [1.54, 1.807) is 19.1 Å². The first kappa shape index (κ1) is 25.6. The van der Waals surface area contributed by atoms with Crippen molar-refractivity contribution in [1.82, 2.24) is 9.97 Å². The number of esters is 1. The van der Waals surface area contributed by atoms with Crippen molar-refractivity contribution in [2.24, 2.45) is 0 Å². The Morgan fingerprint density at radius 3 is 2.53 bits per heavy atom. The lowest BCUT2D eigenvalue weighted by Crippen LogP contribution is -2.13. The van der Waals surface area contributed by atoms with Crippen molar-refractivity contribution in [3.8, 4) is 17.2 Å². The van der Waals surface area contributed by atoms with E-state index in [1.165, 1.54) is 29.8 Å². The van der Waals surface area contributed by atoms with Crippen LogP contribution < -0.4 is 14.8 Å². The van der Waals surface area contributed by atoms with Gasteiger partial charge in [0.15, 0.2) is 25.7 Å². The fraction of sp³-hybridized carbons (Fsp3) is 0.333. The molecule has 10 nitrogen and oxygen atoms in total. The molecule has 0 atom stereocenters. The number of carbonyl (C=O) groups excluding carboxylic acids is 2. The Bertz CT molecular complexity index is 1360. The summed E-state index contributed by atoms with van der Waals surface area (Å²) in [6.45, 7) is 5.61. The summed E-state index contributed by atoms with van der Waals surface area (Å²) < 4.78 is 41.3. The van der Waals surface area contributed by atoms with Gasteiger partial charge in [-0.15, -0.1) is 11.3 Å². The third-order valence-electron chi connectivity index (χ3n) is 4.92. The Balaban J connectivity index is 1.53. The predicted molar refractivity (Wildman–Crippen MR) is 133 cm³/mol. The van der Waals surface area contributed by atoms with Gasteiger partial charge in [0.25, 0.3) is 5.91 Å². The summed E-state index contributed by atoms with van der Waals surface area (Å²) in [5.74, 6) is -0.0504. The average Bonchev–Trinajstić information content (AvgIpc) is 3.59. The Kier molecular flexibility index (Phi) is 7.55. The van der Waals surface area contributed by atoms with Crippen LogP contribution in [0.15, 0.2) is 46.9 Å². The molecule has 1 aromatic carbocycles. The van der Waals surface area contributed by atoms with Crippen LogP contribution in [-0.4, -0.2) is 48.2 Å². The van der Waals surface area contributed by atoms with Crippen molar-refractivity contribution in [2.45, 2.75) is 50.0 Å². The van der Waals surface area contributed by atoms with Crippen LogP contribution >= 0.6 is 11.3 Å². The van der Waals surface area contributed by atoms with E-state index >= 15 is 0 Å². The van der Waals surface area contributed by atoms with Crippen LogP contribution in [-0.2, 0) is 14.6 Å². The van der Waals surface area contributed by atoms with Crippen LogP contribution in [0.4, 0.5) is 5.13 Å². The molecule has 0 aliphatic heterocycles. The molecular weight excluding hydrogens is 506 g/mol. The maximum absolute atomic E-state index is 12.9. The second-order valence-corrected chi connectivity index (χ2v) is 11.3. The van der Waals surface area contributed by atoms with Crippen LogP contribution in [0, 0.1) is 0 Å². The van der Waals surface area contributed by atoms with Crippen molar-refractivity contribution in [1.29, 1.82) is 0 Å². The molecule has 0 radical (unpaired) electrons. The SMILES string of the molecule is CCOC(=O)c1csc(NC(=O)c2cc(Oc3ccc(S(=O)(=O)C4CC4)nc3)cc(OC(C)C)c2)n1. The van der Waals surface area contributed by atoms with Gasteiger partial charge in [-0.1, -0.05) is 0 Å². The molecule has 3 aromatic rings. The lowest BCUT2D eigenvalue weighted by molar-refractivity contribution is 0.0520. The summed E-state index contributed by atoms with van der Waals surface area (Å²) in [5.41, 5.74) is 0.342. The van der Waals surface area contributed by atoms with E-state index in [0.29, 0.717) is 30.1 Å². The molecule has 0 spiro atoms. The lowest BCUT2D eigenvalue weighted by atomic mass is 10.2. The predicted octanol–water partition coefficient (Wildman–Crippen LogP) is 4.48. The van der Waals surface area contributed by atoms with E-state index in [4.69, 9.17) is 14.2 Å². The average molecular weight is 532 g/mol. The molecule has 1 amide bonds. The summed E-state index contributed by atoms with van der Waals surface area (Å²) >= 11 is 1.09. The number of amides is 1. The van der Waals surface area contributed by atoms with Crippen LogP contribution in [0.1, 0.15) is 54.5 Å². The third kappa shape index (κ3) is 6.18. The molecule has 1 N–H and O–H groups in total. The first-order valence-electron chi connectivity index (χ1n) is 11.3. The highest BCUT2D eigenvalue weighted by molar-refractivity contribution is 7.92. The van der Waals surface area contributed by atoms with E-state index in [2.05, 4.69) is 15.3 Å². The first-order valence-corrected chi connectivity index (χ1v) is 13.7. The summed E-state index contributed by atoms with van der Waals surface area (Å²) in [7, 11) is -3.40. The molecule has 1 fully saturated rings. The Labute approximate surface area is 212 Å². The zero-order valence-electron chi connectivity index (χ0n) is 19.9. The van der Waals surface area contributed by atoms with Crippen molar-refractivity contribution < 1.29 is 32.2 Å². The van der Waals surface area contributed by atoms with Crippen LogP contribution in [0.2, 0.25) is 0 Å². The maximum atomic E-state index is 12.9. The van der Waals surface area contributed by atoms with Gasteiger partial charge in [0.1, 0.15) is 17.2 Å². The summed E-state index contributed by atoms with van der Waals surface area (Å²) in [4.78, 5) is 32.9. The van der Waals surface area contributed by atoms with Gasteiger partial charge in [0.05, 0.1) is 24.2 Å². The number of benzene rings is 1. The minimum absolute atomic E-state index is 0.0138. The molecule has 36 heavy (non-hydrogen) atoms. The second-order valence-electron chi connectivity index (χ2n) is 8.25. The quantitative estimate of drug-likeness (QED) is 0.376. The van der Waals surface area contributed by atoms with Gasteiger partial charge in [-0.3, -0.25) is 10.1 Å². The van der Waals surface area contributed by atoms with E-state index in [1.807, 2.05) is 13.8 Å². The van der Waals surface area contributed by atoms with Gasteiger partial charge in [-0.2, -0.15) is 0 Å². The van der Waals surface area contributed by atoms with Gasteiger partial charge < -0.3 is 14.2 Å². The highest BCUT2D eigenvalue weighted by Crippen LogP contribution is 2.34. The van der Waals surface area contributed by atoms with Gasteiger partial charge in [-0.25, -0.2) is 23.2 Å². The topological polar surface area (TPSA) is 134 Å². The molecule has 0 saturated heterocycles. The number of nitrogens with zero attached hydrogens (tertiary/aromatic N) is 2. The lowest BCUT2D eigenvalue weighted by Gasteiger charge is -2.14. The van der Waals surface area contributed by atoms with Gasteiger partial charge in [0.2, 0.25) is 0 Å². The number of sulfone groups is 1. The van der Waals surface area contributed by atoms with Crippen LogP contribution in [0.25, 0.3) is 0 Å². The molecule has 0 bridgehead atoms. The molecule has 1 aliphatic carbocycles. The third-order valence-corrected chi connectivity index (χ3v) is 7.85. The number of pyridine rings is 1. The number of anilines is 1. The van der Waals surface area contributed by atoms with Gasteiger partial charge >= 0.3 is 5.97 Å². The fourth-order valence-corrected chi connectivity index (χ4v) is 5.41. The number of hydrogen-bond donors (Lipinski definition) is 1. The number of hydrogen-bond acceptors (Lipinski definition) is 10. The number of rotatable bonds is 10. The molecule has 0 unspecified atom stereocenters. The Hall–Kier alpha value is -3.51. The smallest absolute Gasteiger partial charge is 0.357 e. The number of ether oxygens (including phenoxy) is 3. The van der Waals surface area contributed by atoms with E-state index in [0.717, 1.165) is 11.3 Å². The molecule has 2 heterocycles. The fourth-order valence-electron chi connectivity index (χ4n) is 3.18. The molecule has 190 valence electrons. The summed E-state index contributed by atoms with van der Waals surface area (Å²) in [5, 5.41) is 4.05. The molecule has 1 aliphatic rings. The number of aromatic nitrogens is 2.